The third-order valence-corrected chi connectivity index (χ3v) is 11.6. The summed E-state index contributed by atoms with van der Waals surface area (Å²) in [5, 5.41) is -13.6. The second kappa shape index (κ2) is 11.2. The normalized spacial score (nSPS) is 23.4. The number of carbonyl (C=O) groups is 1. The van der Waals surface area contributed by atoms with E-state index < -0.39 is 70.0 Å². The summed E-state index contributed by atoms with van der Waals surface area (Å²) in [4.78, 5) is 12.7. The summed E-state index contributed by atoms with van der Waals surface area (Å²) < 4.78 is 161. The van der Waals surface area contributed by atoms with Gasteiger partial charge in [0.05, 0.1) is 12.2 Å². The summed E-state index contributed by atoms with van der Waals surface area (Å²) in [5.74, 6) is -8.30. The molecule has 0 bridgehead atoms. The van der Waals surface area contributed by atoms with E-state index in [1.807, 2.05) is 0 Å². The Morgan fingerprint density at radius 2 is 1.21 bits per heavy atom. The predicted molar refractivity (Wildman–Crippen MR) is 126 cm³/mol. The minimum absolute atomic E-state index is 0.0294. The molecular weight excluding hydrogens is 606 g/mol. The average molecular weight is 639 g/mol. The number of hydrogen-bond donors (Lipinski definition) is 2. The maximum Gasteiger partial charge on any atom is 0.429 e. The van der Waals surface area contributed by atoms with Crippen molar-refractivity contribution in [2.45, 2.75) is 99.7 Å². The number of halogens is 6. The van der Waals surface area contributed by atoms with Crippen molar-refractivity contribution in [1.82, 2.24) is 8.85 Å². The Morgan fingerprint density at radius 3 is 1.67 bits per heavy atom. The summed E-state index contributed by atoms with van der Waals surface area (Å²) in [5.41, 5.74) is -0.777. The molecule has 19 heteroatoms. The molecule has 39 heavy (non-hydrogen) atoms. The minimum atomic E-state index is -7.10. The summed E-state index contributed by atoms with van der Waals surface area (Å²) in [7, 11) is -18.9. The number of nitrogens with one attached hydrogen (secondary N) is 2. The Morgan fingerprint density at radius 1 is 0.744 bits per heavy atom. The highest BCUT2D eigenvalue weighted by Gasteiger charge is 2.82. The lowest BCUT2D eigenvalue weighted by Gasteiger charge is -2.38. The Balaban J connectivity index is 2.10. The summed E-state index contributed by atoms with van der Waals surface area (Å²) in [6.45, 7) is 3.54. The third kappa shape index (κ3) is 7.19. The van der Waals surface area contributed by atoms with Crippen LogP contribution in [0.5, 0.6) is 0 Å². The minimum Gasteiger partial charge on any atom is -0.459 e. The third-order valence-electron chi connectivity index (χ3n) is 7.00. The lowest BCUT2D eigenvalue weighted by molar-refractivity contribution is -0.244. The highest BCUT2D eigenvalue weighted by molar-refractivity contribution is 8.05. The van der Waals surface area contributed by atoms with Crippen molar-refractivity contribution < 1.29 is 61.1 Å². The molecule has 0 aliphatic heterocycles. The summed E-state index contributed by atoms with van der Waals surface area (Å²) in [6.07, 6.45) is 3.99. The number of carbonyl (C=O) groups excluding carboxylic acids is 1. The molecule has 2 N–H and O–H groups in total. The fourth-order valence-electron chi connectivity index (χ4n) is 4.72. The fraction of sp³-hybridized carbons (Fsp3) is 0.950. The number of esters is 1. The van der Waals surface area contributed by atoms with Crippen LogP contribution in [0.4, 0.5) is 26.3 Å². The SMILES string of the molecule is CC(C)(OC(=O)C1CCC(NS(=O)(=O)C(F)(F)C(F)(F)C(F)(F)S(=O)(=O)NS(C)(=O)=O)CC1)C1CCCCC1. The first-order chi connectivity index (χ1) is 17.4. The zero-order chi connectivity index (χ0) is 30.3. The highest BCUT2D eigenvalue weighted by Crippen LogP contribution is 2.50. The van der Waals surface area contributed by atoms with Crippen LogP contribution in [0.3, 0.4) is 0 Å². The van der Waals surface area contributed by atoms with Crippen LogP contribution in [0.2, 0.25) is 0 Å². The molecule has 0 atom stereocenters. The maximum atomic E-state index is 14.4. The number of rotatable bonds is 11. The van der Waals surface area contributed by atoms with Crippen molar-refractivity contribution in [3.63, 3.8) is 0 Å². The number of alkyl halides is 6. The molecule has 2 saturated carbocycles. The number of ether oxygens (including phenoxy) is 1. The van der Waals surface area contributed by atoms with Crippen molar-refractivity contribution in [3.8, 4) is 0 Å². The van der Waals surface area contributed by atoms with Gasteiger partial charge >= 0.3 is 22.4 Å². The predicted octanol–water partition coefficient (Wildman–Crippen LogP) is 3.07. The summed E-state index contributed by atoms with van der Waals surface area (Å²) in [6, 6.07) is -1.47. The van der Waals surface area contributed by atoms with Gasteiger partial charge in [0, 0.05) is 6.04 Å². The van der Waals surface area contributed by atoms with Gasteiger partial charge in [-0.05, 0) is 58.3 Å². The standard InChI is InChI=1S/C20H32F6N2O8S3/c1-17(2,14-7-5-4-6-8-14)36-16(29)13-9-11-15(12-10-13)27-38(32,33)19(23,24)18(21,22)20(25,26)39(34,35)28-37(3,30)31/h13-15,27-28H,4-12H2,1-3H3. The Kier molecular flexibility index (Phi) is 9.81. The van der Waals surface area contributed by atoms with Crippen LogP contribution in [0.1, 0.15) is 71.6 Å². The van der Waals surface area contributed by atoms with Gasteiger partial charge in [-0.1, -0.05) is 19.3 Å². The molecule has 0 amide bonds. The molecule has 0 radical (unpaired) electrons. The van der Waals surface area contributed by atoms with E-state index in [0.717, 1.165) is 32.1 Å². The van der Waals surface area contributed by atoms with E-state index in [1.54, 1.807) is 13.8 Å². The number of sulfonamides is 3. The van der Waals surface area contributed by atoms with Crippen molar-refractivity contribution in [2.75, 3.05) is 6.26 Å². The molecule has 2 aliphatic carbocycles. The first-order valence-corrected chi connectivity index (χ1v) is 16.8. The zero-order valence-corrected chi connectivity index (χ0v) is 23.8. The van der Waals surface area contributed by atoms with Crippen LogP contribution < -0.4 is 8.85 Å². The zero-order valence-electron chi connectivity index (χ0n) is 21.4. The first kappa shape index (κ1) is 34.0. The Bertz CT molecular complexity index is 1230. The smallest absolute Gasteiger partial charge is 0.429 e. The highest BCUT2D eigenvalue weighted by atomic mass is 32.3. The molecule has 0 aromatic rings. The second-order valence-electron chi connectivity index (χ2n) is 10.5. The van der Waals surface area contributed by atoms with Gasteiger partial charge in [-0.3, -0.25) is 4.79 Å². The molecule has 2 rings (SSSR count). The second-order valence-corrected chi connectivity index (χ2v) is 16.0. The molecule has 0 spiro atoms. The molecule has 2 aliphatic rings. The molecule has 0 heterocycles. The van der Waals surface area contributed by atoms with Crippen LogP contribution in [0.25, 0.3) is 0 Å². The van der Waals surface area contributed by atoms with E-state index in [9.17, 15) is 56.4 Å². The van der Waals surface area contributed by atoms with E-state index >= 15 is 0 Å². The average Bonchev–Trinajstić information content (AvgIpc) is 2.77. The van der Waals surface area contributed by atoms with Crippen LogP contribution in [0, 0.1) is 11.8 Å². The fourth-order valence-corrected chi connectivity index (χ4v) is 8.55. The molecule has 2 fully saturated rings. The molecular formula is C20H32F6N2O8S3. The Labute approximate surface area is 223 Å². The molecule has 0 saturated heterocycles. The van der Waals surface area contributed by atoms with Crippen molar-refractivity contribution >= 4 is 36.0 Å². The van der Waals surface area contributed by atoms with E-state index in [1.165, 1.54) is 4.72 Å². The first-order valence-electron chi connectivity index (χ1n) is 12.0. The van der Waals surface area contributed by atoms with Gasteiger partial charge in [-0.15, -0.1) is 4.13 Å². The van der Waals surface area contributed by atoms with Crippen LogP contribution in [-0.2, 0) is 39.6 Å². The monoisotopic (exact) mass is 638 g/mol. The van der Waals surface area contributed by atoms with Gasteiger partial charge in [0.15, 0.2) is 0 Å². The molecule has 10 nitrogen and oxygen atoms in total. The largest absolute Gasteiger partial charge is 0.459 e. The molecule has 0 aromatic carbocycles. The summed E-state index contributed by atoms with van der Waals surface area (Å²) >= 11 is 0. The van der Waals surface area contributed by atoms with E-state index in [0.29, 0.717) is 0 Å². The number of hydrogen-bond acceptors (Lipinski definition) is 8. The van der Waals surface area contributed by atoms with Crippen LogP contribution in [0.15, 0.2) is 0 Å². The van der Waals surface area contributed by atoms with Crippen molar-refractivity contribution in [1.29, 1.82) is 0 Å². The lowest BCUT2D eigenvalue weighted by atomic mass is 9.78. The van der Waals surface area contributed by atoms with E-state index in [-0.39, 0.29) is 42.0 Å². The van der Waals surface area contributed by atoms with Crippen LogP contribution in [-0.4, -0.2) is 65.6 Å². The van der Waals surface area contributed by atoms with E-state index in [4.69, 9.17) is 4.74 Å². The van der Waals surface area contributed by atoms with Gasteiger partial charge in [0.2, 0.25) is 10.0 Å². The van der Waals surface area contributed by atoms with Gasteiger partial charge in [-0.25, -0.2) is 30.0 Å². The lowest BCUT2D eigenvalue weighted by Crippen LogP contribution is -2.65. The molecule has 0 aromatic heterocycles. The van der Waals surface area contributed by atoms with Gasteiger partial charge in [-0.2, -0.15) is 26.3 Å². The molecule has 0 unspecified atom stereocenters. The van der Waals surface area contributed by atoms with E-state index in [2.05, 4.69) is 0 Å². The Hall–Kier alpha value is -1.18. The van der Waals surface area contributed by atoms with Crippen molar-refractivity contribution in [3.05, 3.63) is 0 Å². The maximum absolute atomic E-state index is 14.4. The molecule has 230 valence electrons. The van der Waals surface area contributed by atoms with Crippen LogP contribution >= 0.6 is 0 Å². The topological polar surface area (TPSA) is 153 Å². The van der Waals surface area contributed by atoms with Gasteiger partial charge < -0.3 is 4.74 Å². The van der Waals surface area contributed by atoms with Gasteiger partial charge in [0.1, 0.15) is 5.60 Å². The van der Waals surface area contributed by atoms with Gasteiger partial charge in [0.25, 0.3) is 20.0 Å². The van der Waals surface area contributed by atoms with Crippen molar-refractivity contribution in [2.24, 2.45) is 11.8 Å². The quantitative estimate of drug-likeness (QED) is 0.259.